The van der Waals surface area contributed by atoms with E-state index in [9.17, 15) is 9.59 Å². The standard InChI is InChI=1S/C28H24N2O4/c1-33-26-16-11-22(28(32)30-24-12-7-21(8-13-24)27(29)31)17-23(26)18-34-25-14-9-20(10-15-25)19-5-3-2-4-6-19/h2-17H,18H2,1H3,(H2,29,31)(H,30,32). The van der Waals surface area contributed by atoms with Crippen LogP contribution in [0.1, 0.15) is 26.3 Å². The molecule has 0 fully saturated rings. The Morgan fingerprint density at radius 1 is 0.794 bits per heavy atom. The molecule has 0 unspecified atom stereocenters. The van der Waals surface area contributed by atoms with Crippen molar-refractivity contribution in [2.75, 3.05) is 12.4 Å². The number of amides is 2. The van der Waals surface area contributed by atoms with Crippen LogP contribution in [0.3, 0.4) is 0 Å². The molecular formula is C28H24N2O4. The van der Waals surface area contributed by atoms with E-state index in [-0.39, 0.29) is 12.5 Å². The van der Waals surface area contributed by atoms with Gasteiger partial charge in [0.2, 0.25) is 5.91 Å². The maximum absolute atomic E-state index is 12.7. The third-order valence-electron chi connectivity index (χ3n) is 5.33. The summed E-state index contributed by atoms with van der Waals surface area (Å²) in [4.78, 5) is 24.0. The Kier molecular flexibility index (Phi) is 6.89. The van der Waals surface area contributed by atoms with Crippen LogP contribution in [-0.2, 0) is 6.61 Å². The minimum absolute atomic E-state index is 0.238. The van der Waals surface area contributed by atoms with Crippen LogP contribution in [0.25, 0.3) is 11.1 Å². The molecule has 0 radical (unpaired) electrons. The molecule has 0 atom stereocenters. The third-order valence-corrected chi connectivity index (χ3v) is 5.33. The van der Waals surface area contributed by atoms with Crippen molar-refractivity contribution in [2.45, 2.75) is 6.61 Å². The van der Waals surface area contributed by atoms with Crippen LogP contribution >= 0.6 is 0 Å². The fourth-order valence-electron chi connectivity index (χ4n) is 3.49. The molecule has 0 spiro atoms. The van der Waals surface area contributed by atoms with Gasteiger partial charge >= 0.3 is 0 Å². The van der Waals surface area contributed by atoms with Crippen LogP contribution in [0.2, 0.25) is 0 Å². The predicted octanol–water partition coefficient (Wildman–Crippen LogP) is 5.29. The Hall–Kier alpha value is -4.58. The predicted molar refractivity (Wildman–Crippen MR) is 132 cm³/mol. The van der Waals surface area contributed by atoms with Crippen molar-refractivity contribution >= 4 is 17.5 Å². The molecule has 170 valence electrons. The second-order valence-electron chi connectivity index (χ2n) is 7.60. The lowest BCUT2D eigenvalue weighted by Gasteiger charge is -2.13. The molecule has 3 N–H and O–H groups in total. The summed E-state index contributed by atoms with van der Waals surface area (Å²) in [5, 5.41) is 2.81. The number of methoxy groups -OCH3 is 1. The van der Waals surface area contributed by atoms with Gasteiger partial charge in [0.05, 0.1) is 7.11 Å². The van der Waals surface area contributed by atoms with E-state index < -0.39 is 5.91 Å². The van der Waals surface area contributed by atoms with Gasteiger partial charge in [-0.05, 0) is 65.7 Å². The Morgan fingerprint density at radius 2 is 1.44 bits per heavy atom. The molecule has 6 nitrogen and oxygen atoms in total. The number of rotatable bonds is 8. The van der Waals surface area contributed by atoms with Crippen LogP contribution in [-0.4, -0.2) is 18.9 Å². The summed E-state index contributed by atoms with van der Waals surface area (Å²) in [6.45, 7) is 0.238. The number of hydrogen-bond acceptors (Lipinski definition) is 4. The highest BCUT2D eigenvalue weighted by Gasteiger charge is 2.12. The molecule has 6 heteroatoms. The van der Waals surface area contributed by atoms with Crippen LogP contribution in [0.15, 0.2) is 97.1 Å². The van der Waals surface area contributed by atoms with E-state index in [1.807, 2.05) is 42.5 Å². The van der Waals surface area contributed by atoms with E-state index >= 15 is 0 Å². The molecule has 4 aromatic rings. The molecule has 0 aliphatic carbocycles. The average molecular weight is 453 g/mol. The van der Waals surface area contributed by atoms with Crippen molar-refractivity contribution in [3.8, 4) is 22.6 Å². The Bertz CT molecular complexity index is 1280. The van der Waals surface area contributed by atoms with Gasteiger partial charge in [0.1, 0.15) is 18.1 Å². The molecule has 34 heavy (non-hydrogen) atoms. The maximum atomic E-state index is 12.7. The summed E-state index contributed by atoms with van der Waals surface area (Å²) in [6, 6.07) is 29.5. The number of carbonyl (C=O) groups excluding carboxylic acids is 2. The summed E-state index contributed by atoms with van der Waals surface area (Å²) < 4.78 is 11.4. The number of nitrogens with two attached hydrogens (primary N) is 1. The second-order valence-corrected chi connectivity index (χ2v) is 7.60. The molecular weight excluding hydrogens is 428 g/mol. The second kappa shape index (κ2) is 10.4. The summed E-state index contributed by atoms with van der Waals surface area (Å²) in [7, 11) is 1.58. The lowest BCUT2D eigenvalue weighted by molar-refractivity contribution is 0.0998. The zero-order valence-corrected chi connectivity index (χ0v) is 18.7. The fourth-order valence-corrected chi connectivity index (χ4v) is 3.49. The zero-order valence-electron chi connectivity index (χ0n) is 18.7. The summed E-state index contributed by atoms with van der Waals surface area (Å²) in [5.74, 6) is 0.532. The van der Waals surface area contributed by atoms with Crippen LogP contribution < -0.4 is 20.5 Å². The van der Waals surface area contributed by atoms with Gasteiger partial charge in [0.25, 0.3) is 5.91 Å². The molecule has 0 saturated carbocycles. The number of hydrogen-bond donors (Lipinski definition) is 2. The molecule has 2 amide bonds. The Morgan fingerprint density at radius 3 is 2.09 bits per heavy atom. The van der Waals surface area contributed by atoms with Gasteiger partial charge in [-0.2, -0.15) is 0 Å². The SMILES string of the molecule is COc1ccc(C(=O)Nc2ccc(C(N)=O)cc2)cc1COc1ccc(-c2ccccc2)cc1. The van der Waals surface area contributed by atoms with Gasteiger partial charge in [-0.1, -0.05) is 42.5 Å². The number of benzene rings is 4. The Balaban J connectivity index is 1.44. The summed E-state index contributed by atoms with van der Waals surface area (Å²) in [6.07, 6.45) is 0. The van der Waals surface area contributed by atoms with E-state index in [0.717, 1.165) is 16.7 Å². The van der Waals surface area contributed by atoms with E-state index in [1.54, 1.807) is 49.6 Å². The average Bonchev–Trinajstić information content (AvgIpc) is 2.88. The van der Waals surface area contributed by atoms with E-state index in [2.05, 4.69) is 17.4 Å². The highest BCUT2D eigenvalue weighted by Crippen LogP contribution is 2.25. The van der Waals surface area contributed by atoms with Crippen molar-refractivity contribution in [3.05, 3.63) is 114 Å². The molecule has 0 aliphatic rings. The zero-order chi connectivity index (χ0) is 23.9. The molecule has 4 rings (SSSR count). The quantitative estimate of drug-likeness (QED) is 0.380. The van der Waals surface area contributed by atoms with Gasteiger partial charge in [0, 0.05) is 22.4 Å². The van der Waals surface area contributed by atoms with Crippen molar-refractivity contribution in [1.82, 2.24) is 0 Å². The van der Waals surface area contributed by atoms with Crippen molar-refractivity contribution < 1.29 is 19.1 Å². The topological polar surface area (TPSA) is 90.6 Å². The lowest BCUT2D eigenvalue weighted by Crippen LogP contribution is -2.14. The first kappa shape index (κ1) is 22.6. The van der Waals surface area contributed by atoms with Gasteiger partial charge in [0.15, 0.2) is 0 Å². The Labute approximate surface area is 198 Å². The van der Waals surface area contributed by atoms with Gasteiger partial charge in [-0.25, -0.2) is 0 Å². The van der Waals surface area contributed by atoms with Gasteiger partial charge in [-0.15, -0.1) is 0 Å². The molecule has 0 saturated heterocycles. The lowest BCUT2D eigenvalue weighted by atomic mass is 10.1. The van der Waals surface area contributed by atoms with Crippen LogP contribution in [0, 0.1) is 0 Å². The monoisotopic (exact) mass is 452 g/mol. The largest absolute Gasteiger partial charge is 0.496 e. The van der Waals surface area contributed by atoms with Crippen molar-refractivity contribution in [2.24, 2.45) is 5.73 Å². The minimum atomic E-state index is -0.521. The van der Waals surface area contributed by atoms with E-state index in [1.165, 1.54) is 0 Å². The number of carbonyl (C=O) groups is 2. The van der Waals surface area contributed by atoms with Crippen molar-refractivity contribution in [3.63, 3.8) is 0 Å². The highest BCUT2D eigenvalue weighted by atomic mass is 16.5. The number of nitrogens with one attached hydrogen (secondary N) is 1. The van der Waals surface area contributed by atoms with Crippen molar-refractivity contribution in [1.29, 1.82) is 0 Å². The van der Waals surface area contributed by atoms with E-state index in [4.69, 9.17) is 15.2 Å². The van der Waals surface area contributed by atoms with Crippen LogP contribution in [0.4, 0.5) is 5.69 Å². The number of ether oxygens (including phenoxy) is 2. The van der Waals surface area contributed by atoms with Crippen LogP contribution in [0.5, 0.6) is 11.5 Å². The first-order valence-corrected chi connectivity index (χ1v) is 10.7. The molecule has 0 heterocycles. The smallest absolute Gasteiger partial charge is 0.255 e. The summed E-state index contributed by atoms with van der Waals surface area (Å²) in [5.41, 5.74) is 9.63. The first-order valence-electron chi connectivity index (χ1n) is 10.7. The van der Waals surface area contributed by atoms with E-state index in [0.29, 0.717) is 28.3 Å². The first-order chi connectivity index (χ1) is 16.5. The molecule has 4 aromatic carbocycles. The minimum Gasteiger partial charge on any atom is -0.496 e. The molecule has 0 aliphatic heterocycles. The fraction of sp³-hybridized carbons (Fsp3) is 0.0714. The number of anilines is 1. The summed E-state index contributed by atoms with van der Waals surface area (Å²) >= 11 is 0. The highest BCUT2D eigenvalue weighted by molar-refractivity contribution is 6.04. The molecule has 0 aromatic heterocycles. The maximum Gasteiger partial charge on any atom is 0.255 e. The number of primary amides is 1. The normalized spacial score (nSPS) is 10.4. The molecule has 0 bridgehead atoms. The third kappa shape index (κ3) is 5.42. The van der Waals surface area contributed by atoms with Gasteiger partial charge < -0.3 is 20.5 Å². The van der Waals surface area contributed by atoms with Gasteiger partial charge in [-0.3, -0.25) is 9.59 Å².